The van der Waals surface area contributed by atoms with Crippen molar-refractivity contribution in [3.8, 4) is 0 Å². The molecule has 1 aromatic rings. The summed E-state index contributed by atoms with van der Waals surface area (Å²) in [6, 6.07) is 1.86. The predicted octanol–water partition coefficient (Wildman–Crippen LogP) is 2.46. The smallest absolute Gasteiger partial charge is 0.383 e. The Morgan fingerprint density at radius 2 is 2.06 bits per heavy atom. The van der Waals surface area contributed by atoms with Crippen LogP contribution in [0.3, 0.4) is 0 Å². The van der Waals surface area contributed by atoms with Crippen LogP contribution in [0, 0.1) is 0 Å². The third kappa shape index (κ3) is 3.00. The van der Waals surface area contributed by atoms with Crippen molar-refractivity contribution in [3.63, 3.8) is 0 Å². The van der Waals surface area contributed by atoms with Gasteiger partial charge in [-0.3, -0.25) is 4.68 Å². The van der Waals surface area contributed by atoms with Crippen LogP contribution in [0.25, 0.3) is 0 Å². The zero-order chi connectivity index (χ0) is 12.5. The van der Waals surface area contributed by atoms with Gasteiger partial charge in [0.2, 0.25) is 0 Å². The van der Waals surface area contributed by atoms with Crippen molar-refractivity contribution >= 4 is 0 Å². The second-order valence-electron chi connectivity index (χ2n) is 4.49. The average molecular weight is 248 g/mol. The van der Waals surface area contributed by atoms with Gasteiger partial charge in [0.05, 0.1) is 11.7 Å². The van der Waals surface area contributed by atoms with Gasteiger partial charge in [0, 0.05) is 12.6 Å². The first-order valence-electron chi connectivity index (χ1n) is 5.75. The van der Waals surface area contributed by atoms with Gasteiger partial charge in [0.15, 0.2) is 6.10 Å². The Bertz CT molecular complexity index is 369. The Morgan fingerprint density at radius 1 is 1.41 bits per heavy atom. The fourth-order valence-electron chi connectivity index (χ4n) is 2.17. The maximum Gasteiger partial charge on any atom is 0.414 e. The van der Waals surface area contributed by atoms with Crippen LogP contribution >= 0.6 is 0 Å². The molecule has 0 aliphatic heterocycles. The Morgan fingerprint density at radius 3 is 2.65 bits per heavy atom. The van der Waals surface area contributed by atoms with Crippen molar-refractivity contribution < 1.29 is 18.3 Å². The molecule has 17 heavy (non-hydrogen) atoms. The standard InChI is InChI=1S/C11H15F3N2O/c12-11(13,14)10(17)7-8-5-6-16(15-8)9-3-1-2-4-9/h5-6,9-10,17H,1-4,7H2. The summed E-state index contributed by atoms with van der Waals surface area (Å²) in [6.07, 6.45) is -1.31. The first-order chi connectivity index (χ1) is 7.97. The molecule has 1 unspecified atom stereocenters. The number of halogens is 3. The monoisotopic (exact) mass is 248 g/mol. The summed E-state index contributed by atoms with van der Waals surface area (Å²) in [6.45, 7) is 0. The van der Waals surface area contributed by atoms with Crippen molar-refractivity contribution in [2.75, 3.05) is 0 Å². The van der Waals surface area contributed by atoms with Crippen LogP contribution in [-0.2, 0) is 6.42 Å². The van der Waals surface area contributed by atoms with Crippen LogP contribution in [0.1, 0.15) is 37.4 Å². The highest BCUT2D eigenvalue weighted by molar-refractivity contribution is 5.02. The topological polar surface area (TPSA) is 38.0 Å². The van der Waals surface area contributed by atoms with E-state index in [1.807, 2.05) is 0 Å². The van der Waals surface area contributed by atoms with E-state index in [2.05, 4.69) is 5.10 Å². The van der Waals surface area contributed by atoms with Crippen LogP contribution in [0.2, 0.25) is 0 Å². The largest absolute Gasteiger partial charge is 0.414 e. The van der Waals surface area contributed by atoms with E-state index >= 15 is 0 Å². The zero-order valence-electron chi connectivity index (χ0n) is 9.32. The van der Waals surface area contributed by atoms with E-state index in [1.54, 1.807) is 16.9 Å². The summed E-state index contributed by atoms with van der Waals surface area (Å²) in [5.74, 6) is 0. The first kappa shape index (κ1) is 12.4. The van der Waals surface area contributed by atoms with Crippen molar-refractivity contribution in [1.82, 2.24) is 9.78 Å². The molecule has 2 rings (SSSR count). The molecule has 0 amide bonds. The van der Waals surface area contributed by atoms with Crippen LogP contribution in [0.4, 0.5) is 13.2 Å². The van der Waals surface area contributed by atoms with Gasteiger partial charge in [-0.2, -0.15) is 18.3 Å². The number of aliphatic hydroxyl groups is 1. The van der Waals surface area contributed by atoms with Crippen molar-refractivity contribution in [3.05, 3.63) is 18.0 Å². The number of aliphatic hydroxyl groups excluding tert-OH is 1. The highest BCUT2D eigenvalue weighted by atomic mass is 19.4. The van der Waals surface area contributed by atoms with Gasteiger partial charge in [-0.25, -0.2) is 0 Å². The molecule has 96 valence electrons. The number of nitrogens with zero attached hydrogens (tertiary/aromatic N) is 2. The number of hydrogen-bond acceptors (Lipinski definition) is 2. The third-order valence-electron chi connectivity index (χ3n) is 3.14. The van der Waals surface area contributed by atoms with Crippen molar-refractivity contribution in [2.24, 2.45) is 0 Å². The maximum atomic E-state index is 12.2. The number of aromatic nitrogens is 2. The van der Waals surface area contributed by atoms with Gasteiger partial charge in [-0.1, -0.05) is 12.8 Å². The van der Waals surface area contributed by atoms with E-state index in [0.29, 0.717) is 11.7 Å². The van der Waals surface area contributed by atoms with E-state index in [0.717, 1.165) is 25.7 Å². The lowest BCUT2D eigenvalue weighted by molar-refractivity contribution is -0.203. The molecule has 1 aromatic heterocycles. The minimum atomic E-state index is -4.57. The van der Waals surface area contributed by atoms with Gasteiger partial charge in [-0.15, -0.1) is 0 Å². The van der Waals surface area contributed by atoms with E-state index in [4.69, 9.17) is 5.11 Å². The highest BCUT2D eigenvalue weighted by Crippen LogP contribution is 2.29. The van der Waals surface area contributed by atoms with Crippen LogP contribution in [-0.4, -0.2) is 27.2 Å². The summed E-state index contributed by atoms with van der Waals surface area (Å²) in [4.78, 5) is 0. The minimum Gasteiger partial charge on any atom is -0.383 e. The normalized spacial score (nSPS) is 19.8. The summed E-state index contributed by atoms with van der Waals surface area (Å²) in [5.41, 5.74) is 0.293. The molecule has 6 heteroatoms. The minimum absolute atomic E-state index is 0.293. The van der Waals surface area contributed by atoms with E-state index < -0.39 is 18.7 Å². The molecule has 0 radical (unpaired) electrons. The van der Waals surface area contributed by atoms with Gasteiger partial charge in [-0.05, 0) is 18.9 Å². The molecule has 1 aliphatic carbocycles. The molecule has 1 fully saturated rings. The summed E-state index contributed by atoms with van der Waals surface area (Å²) in [5, 5.41) is 13.0. The maximum absolute atomic E-state index is 12.2. The molecule has 1 saturated carbocycles. The van der Waals surface area contributed by atoms with E-state index in [9.17, 15) is 13.2 Å². The van der Waals surface area contributed by atoms with E-state index in [1.165, 1.54) is 0 Å². The van der Waals surface area contributed by atoms with Crippen LogP contribution in [0.15, 0.2) is 12.3 Å². The highest BCUT2D eigenvalue weighted by Gasteiger charge is 2.38. The molecular weight excluding hydrogens is 233 g/mol. The molecule has 1 N–H and O–H groups in total. The van der Waals surface area contributed by atoms with Gasteiger partial charge < -0.3 is 5.11 Å². The second-order valence-corrected chi connectivity index (χ2v) is 4.49. The molecule has 0 saturated heterocycles. The zero-order valence-corrected chi connectivity index (χ0v) is 9.32. The number of alkyl halides is 3. The van der Waals surface area contributed by atoms with Crippen molar-refractivity contribution in [1.29, 1.82) is 0 Å². The van der Waals surface area contributed by atoms with Gasteiger partial charge in [0.25, 0.3) is 0 Å². The lowest BCUT2D eigenvalue weighted by Gasteiger charge is -2.13. The second kappa shape index (κ2) is 4.68. The fourth-order valence-corrected chi connectivity index (χ4v) is 2.17. The average Bonchev–Trinajstić information content (AvgIpc) is 2.83. The Labute approximate surface area is 97.2 Å². The molecule has 1 heterocycles. The van der Waals surface area contributed by atoms with Crippen molar-refractivity contribution in [2.45, 2.75) is 50.4 Å². The fraction of sp³-hybridized carbons (Fsp3) is 0.727. The predicted molar refractivity (Wildman–Crippen MR) is 55.5 cm³/mol. The first-order valence-corrected chi connectivity index (χ1v) is 5.75. The van der Waals surface area contributed by atoms with E-state index in [-0.39, 0.29) is 0 Å². The van der Waals surface area contributed by atoms with Crippen LogP contribution in [0.5, 0.6) is 0 Å². The lowest BCUT2D eigenvalue weighted by Crippen LogP contribution is -2.30. The molecular formula is C11H15F3N2O. The Hall–Kier alpha value is -1.04. The summed E-state index contributed by atoms with van der Waals surface area (Å²) < 4.78 is 38.2. The third-order valence-corrected chi connectivity index (χ3v) is 3.14. The SMILES string of the molecule is OC(Cc1ccn(C2CCCC2)n1)C(F)(F)F. The van der Waals surface area contributed by atoms with Gasteiger partial charge >= 0.3 is 6.18 Å². The molecule has 0 bridgehead atoms. The molecule has 0 aromatic carbocycles. The van der Waals surface area contributed by atoms with Crippen LogP contribution < -0.4 is 0 Å². The Balaban J connectivity index is 1.98. The van der Waals surface area contributed by atoms with Gasteiger partial charge in [0.1, 0.15) is 0 Å². The molecule has 3 nitrogen and oxygen atoms in total. The number of hydrogen-bond donors (Lipinski definition) is 1. The quantitative estimate of drug-likeness (QED) is 0.892. The lowest BCUT2D eigenvalue weighted by atomic mass is 10.2. The molecule has 1 aliphatic rings. The summed E-state index contributed by atoms with van der Waals surface area (Å²) in [7, 11) is 0. The summed E-state index contributed by atoms with van der Waals surface area (Å²) >= 11 is 0. The number of rotatable bonds is 3. The molecule has 0 spiro atoms. The molecule has 1 atom stereocenters. The Kier molecular flexibility index (Phi) is 3.42.